The second-order valence-electron chi connectivity index (χ2n) is 3.17. The van der Waals surface area contributed by atoms with Gasteiger partial charge >= 0.3 is 0 Å². The molecule has 3 heteroatoms. The average molecular weight is 168 g/mol. The average Bonchev–Trinajstić information content (AvgIpc) is 2.49. The van der Waals surface area contributed by atoms with Crippen molar-refractivity contribution in [1.82, 2.24) is 4.98 Å². The van der Waals surface area contributed by atoms with Crippen molar-refractivity contribution in [3.63, 3.8) is 0 Å². The summed E-state index contributed by atoms with van der Waals surface area (Å²) in [7, 11) is 0. The van der Waals surface area contributed by atoms with Gasteiger partial charge in [0.25, 0.3) is 0 Å². The van der Waals surface area contributed by atoms with E-state index < -0.39 is 0 Å². The molecule has 1 aromatic heterocycles. The quantitative estimate of drug-likeness (QED) is 0.725. The lowest BCUT2D eigenvalue weighted by Gasteiger charge is -2.33. The van der Waals surface area contributed by atoms with Crippen molar-refractivity contribution in [3.05, 3.63) is 16.6 Å². The van der Waals surface area contributed by atoms with E-state index in [0.29, 0.717) is 6.04 Å². The number of rotatable bonds is 2. The Kier molecular flexibility index (Phi) is 1.92. The third kappa shape index (κ3) is 1.44. The molecule has 11 heavy (non-hydrogen) atoms. The van der Waals surface area contributed by atoms with E-state index >= 15 is 0 Å². The lowest BCUT2D eigenvalue weighted by Crippen LogP contribution is -2.40. The molecule has 2 atom stereocenters. The first-order valence-corrected chi connectivity index (χ1v) is 4.87. The normalized spacial score (nSPS) is 29.9. The van der Waals surface area contributed by atoms with Gasteiger partial charge in [0.1, 0.15) is 0 Å². The molecular weight excluding hydrogens is 156 g/mol. The lowest BCUT2D eigenvalue weighted by molar-refractivity contribution is 0.257. The summed E-state index contributed by atoms with van der Waals surface area (Å²) in [4.78, 5) is 5.42. The Morgan fingerprint density at radius 1 is 1.64 bits per heavy atom. The second-order valence-corrected chi connectivity index (χ2v) is 4.14. The Labute approximate surface area is 70.5 Å². The maximum absolute atomic E-state index is 5.82. The van der Waals surface area contributed by atoms with Crippen molar-refractivity contribution in [2.75, 3.05) is 0 Å². The van der Waals surface area contributed by atoms with Crippen molar-refractivity contribution < 1.29 is 0 Å². The first kappa shape index (κ1) is 7.25. The van der Waals surface area contributed by atoms with Crippen molar-refractivity contribution in [3.8, 4) is 0 Å². The van der Waals surface area contributed by atoms with E-state index in [-0.39, 0.29) is 0 Å². The van der Waals surface area contributed by atoms with Gasteiger partial charge in [0, 0.05) is 17.1 Å². The third-order valence-corrected chi connectivity index (χ3v) is 3.23. The van der Waals surface area contributed by atoms with Crippen LogP contribution in [-0.2, 0) is 6.42 Å². The fourth-order valence-corrected chi connectivity index (χ4v) is 2.14. The summed E-state index contributed by atoms with van der Waals surface area (Å²) in [5, 5.41) is 0. The molecule has 60 valence electrons. The van der Waals surface area contributed by atoms with Crippen molar-refractivity contribution >= 4 is 11.3 Å². The van der Waals surface area contributed by atoms with Crippen LogP contribution in [0, 0.1) is 5.92 Å². The van der Waals surface area contributed by atoms with Gasteiger partial charge in [-0.25, -0.2) is 0 Å². The molecule has 2 N–H and O–H groups in total. The fourth-order valence-electron chi connectivity index (χ4n) is 1.45. The molecule has 0 bridgehead atoms. The zero-order valence-electron chi connectivity index (χ0n) is 6.36. The molecule has 1 heterocycles. The Balaban J connectivity index is 1.91. The topological polar surface area (TPSA) is 38.9 Å². The van der Waals surface area contributed by atoms with E-state index in [1.165, 1.54) is 17.7 Å². The largest absolute Gasteiger partial charge is 0.327 e. The van der Waals surface area contributed by atoms with Gasteiger partial charge in [0.15, 0.2) is 0 Å². The van der Waals surface area contributed by atoms with E-state index in [1.807, 2.05) is 11.7 Å². The van der Waals surface area contributed by atoms with E-state index in [9.17, 15) is 0 Å². The minimum absolute atomic E-state index is 0.456. The van der Waals surface area contributed by atoms with Gasteiger partial charge in [-0.3, -0.25) is 4.98 Å². The van der Waals surface area contributed by atoms with Crippen LogP contribution in [0.5, 0.6) is 0 Å². The van der Waals surface area contributed by atoms with E-state index in [0.717, 1.165) is 12.3 Å². The van der Waals surface area contributed by atoms with Crippen LogP contribution in [0.15, 0.2) is 11.7 Å². The van der Waals surface area contributed by atoms with Gasteiger partial charge in [0.2, 0.25) is 0 Å². The Bertz CT molecular complexity index is 220. The minimum atomic E-state index is 0.456. The first-order valence-electron chi connectivity index (χ1n) is 3.99. The van der Waals surface area contributed by atoms with Gasteiger partial charge in [-0.1, -0.05) is 0 Å². The Morgan fingerprint density at radius 3 is 3.00 bits per heavy atom. The molecule has 0 radical (unpaired) electrons. The molecule has 0 saturated heterocycles. The summed E-state index contributed by atoms with van der Waals surface area (Å²) in [5.74, 6) is 0.732. The smallest absolute Gasteiger partial charge is 0.0794 e. The molecular formula is C8H12N2S. The van der Waals surface area contributed by atoms with Crippen molar-refractivity contribution in [2.24, 2.45) is 11.7 Å². The molecule has 0 aromatic carbocycles. The summed E-state index contributed by atoms with van der Waals surface area (Å²) in [6.45, 7) is 0. The van der Waals surface area contributed by atoms with Crippen LogP contribution in [0.1, 0.15) is 17.7 Å². The maximum atomic E-state index is 5.82. The first-order chi connectivity index (χ1) is 5.36. The predicted molar refractivity (Wildman–Crippen MR) is 46.5 cm³/mol. The molecule has 2 nitrogen and oxygen atoms in total. The molecule has 0 spiro atoms. The molecule has 2 rings (SSSR count). The third-order valence-electron chi connectivity index (χ3n) is 2.42. The molecule has 0 aliphatic heterocycles. The Morgan fingerprint density at radius 2 is 2.55 bits per heavy atom. The SMILES string of the molecule is NC1CCC1Cc1cncs1. The van der Waals surface area contributed by atoms with Crippen LogP contribution >= 0.6 is 11.3 Å². The van der Waals surface area contributed by atoms with E-state index in [4.69, 9.17) is 5.73 Å². The molecule has 1 aliphatic rings. The summed E-state index contributed by atoms with van der Waals surface area (Å²) in [6.07, 6.45) is 5.62. The number of nitrogens with zero attached hydrogens (tertiary/aromatic N) is 1. The number of thiazole rings is 1. The lowest BCUT2D eigenvalue weighted by atomic mass is 9.78. The monoisotopic (exact) mass is 168 g/mol. The van der Waals surface area contributed by atoms with Gasteiger partial charge in [-0.05, 0) is 25.2 Å². The highest BCUT2D eigenvalue weighted by Gasteiger charge is 2.27. The molecule has 1 fully saturated rings. The molecule has 1 aromatic rings. The van der Waals surface area contributed by atoms with Gasteiger partial charge < -0.3 is 5.73 Å². The van der Waals surface area contributed by atoms with Gasteiger partial charge in [-0.2, -0.15) is 0 Å². The molecule has 0 amide bonds. The van der Waals surface area contributed by atoms with Crippen LogP contribution in [0.4, 0.5) is 0 Å². The van der Waals surface area contributed by atoms with Crippen LogP contribution in [0.25, 0.3) is 0 Å². The summed E-state index contributed by atoms with van der Waals surface area (Å²) >= 11 is 1.74. The Hall–Kier alpha value is -0.410. The van der Waals surface area contributed by atoms with Crippen molar-refractivity contribution in [1.29, 1.82) is 0 Å². The number of nitrogens with two attached hydrogens (primary N) is 1. The highest BCUT2D eigenvalue weighted by molar-refractivity contribution is 7.09. The van der Waals surface area contributed by atoms with Crippen LogP contribution in [-0.4, -0.2) is 11.0 Å². The second kappa shape index (κ2) is 2.91. The predicted octanol–water partition coefficient (Wildman–Crippen LogP) is 1.42. The molecule has 1 saturated carbocycles. The number of hydrogen-bond donors (Lipinski definition) is 1. The standard InChI is InChI=1S/C8H12N2S/c9-8-2-1-6(8)3-7-4-10-5-11-7/h4-6,8H,1-3,9H2. The number of aromatic nitrogens is 1. The van der Waals surface area contributed by atoms with Crippen molar-refractivity contribution in [2.45, 2.75) is 25.3 Å². The van der Waals surface area contributed by atoms with Crippen LogP contribution in [0.3, 0.4) is 0 Å². The molecule has 1 aliphatic carbocycles. The minimum Gasteiger partial charge on any atom is -0.327 e. The summed E-state index contributed by atoms with van der Waals surface area (Å²) in [5.41, 5.74) is 7.71. The highest BCUT2D eigenvalue weighted by Crippen LogP contribution is 2.29. The van der Waals surface area contributed by atoms with Gasteiger partial charge in [0.05, 0.1) is 5.51 Å². The summed E-state index contributed by atoms with van der Waals surface area (Å²) < 4.78 is 0. The zero-order chi connectivity index (χ0) is 7.68. The number of hydrogen-bond acceptors (Lipinski definition) is 3. The fraction of sp³-hybridized carbons (Fsp3) is 0.625. The van der Waals surface area contributed by atoms with Crippen LogP contribution in [0.2, 0.25) is 0 Å². The van der Waals surface area contributed by atoms with Gasteiger partial charge in [-0.15, -0.1) is 11.3 Å². The zero-order valence-corrected chi connectivity index (χ0v) is 7.18. The van der Waals surface area contributed by atoms with E-state index in [2.05, 4.69) is 4.98 Å². The van der Waals surface area contributed by atoms with E-state index in [1.54, 1.807) is 11.3 Å². The highest BCUT2D eigenvalue weighted by atomic mass is 32.1. The summed E-state index contributed by atoms with van der Waals surface area (Å²) in [6, 6.07) is 0.456. The molecule has 2 unspecified atom stereocenters. The maximum Gasteiger partial charge on any atom is 0.0794 e. The van der Waals surface area contributed by atoms with Crippen LogP contribution < -0.4 is 5.73 Å².